The van der Waals surface area contributed by atoms with Crippen molar-refractivity contribution in [3.63, 3.8) is 0 Å². The molecule has 4 rings (SSSR count). The summed E-state index contributed by atoms with van der Waals surface area (Å²) in [6, 6.07) is 13.8. The topological polar surface area (TPSA) is 53.0 Å². The molecule has 1 aliphatic heterocycles. The number of halogens is 4. The van der Waals surface area contributed by atoms with Crippen LogP contribution in [0.25, 0.3) is 0 Å². The van der Waals surface area contributed by atoms with Crippen LogP contribution in [0.3, 0.4) is 0 Å². The number of alkyl halides is 3. The maximum atomic E-state index is 13.6. The van der Waals surface area contributed by atoms with Crippen molar-refractivity contribution in [3.8, 4) is 11.5 Å². The fraction of sp³-hybridized carbons (Fsp3) is 0.296. The molecule has 1 saturated heterocycles. The molecule has 0 aromatic heterocycles. The van der Waals surface area contributed by atoms with Crippen LogP contribution in [-0.2, 0) is 6.18 Å². The smallest absolute Gasteiger partial charge is 0.417 e. The zero-order valence-electron chi connectivity index (χ0n) is 19.5. The Hall–Kier alpha value is -3.59. The molecule has 0 saturated carbocycles. The lowest BCUT2D eigenvalue weighted by atomic mass is 10.0. The number of carbonyl (C=O) groups is 1. The quantitative estimate of drug-likeness (QED) is 0.380. The predicted octanol–water partition coefficient (Wildman–Crippen LogP) is 6.39. The van der Waals surface area contributed by atoms with E-state index in [1.807, 2.05) is 0 Å². The van der Waals surface area contributed by atoms with Crippen molar-refractivity contribution < 1.29 is 32.2 Å². The van der Waals surface area contributed by atoms with E-state index in [0.29, 0.717) is 18.4 Å². The second-order valence-corrected chi connectivity index (χ2v) is 8.59. The summed E-state index contributed by atoms with van der Waals surface area (Å²) in [7, 11) is 0. The monoisotopic (exact) mass is 502 g/mol. The van der Waals surface area contributed by atoms with Crippen LogP contribution in [0.5, 0.6) is 11.5 Å². The van der Waals surface area contributed by atoms with Gasteiger partial charge in [-0.25, -0.2) is 4.39 Å². The highest BCUT2D eigenvalue weighted by Gasteiger charge is 2.37. The molecule has 0 spiro atoms. The summed E-state index contributed by atoms with van der Waals surface area (Å²) >= 11 is 0. The first-order valence-electron chi connectivity index (χ1n) is 11.7. The van der Waals surface area contributed by atoms with Crippen LogP contribution in [0.4, 0.5) is 28.9 Å². The number of carbonyl (C=O) groups excluding carboxylic acids is 1. The molecule has 0 atom stereocenters. The van der Waals surface area contributed by atoms with Gasteiger partial charge < -0.3 is 9.84 Å². The van der Waals surface area contributed by atoms with Crippen molar-refractivity contribution in [2.75, 3.05) is 31.1 Å². The van der Waals surface area contributed by atoms with E-state index in [-0.39, 0.29) is 17.1 Å². The van der Waals surface area contributed by atoms with Gasteiger partial charge in [0.05, 0.1) is 11.1 Å². The summed E-state index contributed by atoms with van der Waals surface area (Å²) in [5.74, 6) is -1.60. The summed E-state index contributed by atoms with van der Waals surface area (Å²) in [6.07, 6.45) is -1.32. The Morgan fingerprint density at radius 2 is 1.53 bits per heavy atom. The average Bonchev–Trinajstić information content (AvgIpc) is 2.86. The molecule has 1 aliphatic rings. The van der Waals surface area contributed by atoms with Crippen molar-refractivity contribution in [3.05, 3.63) is 83.7 Å². The molecule has 0 radical (unpaired) electrons. The van der Waals surface area contributed by atoms with E-state index in [9.17, 15) is 27.5 Å². The molecular formula is C27H26F4N2O3. The van der Waals surface area contributed by atoms with Crippen LogP contribution in [0.2, 0.25) is 0 Å². The van der Waals surface area contributed by atoms with E-state index < -0.39 is 29.0 Å². The van der Waals surface area contributed by atoms with E-state index in [1.165, 1.54) is 43.5 Å². The van der Waals surface area contributed by atoms with Crippen LogP contribution < -0.4 is 9.64 Å². The Morgan fingerprint density at radius 3 is 2.14 bits per heavy atom. The number of benzene rings is 3. The molecule has 1 N–H and O–H groups in total. The number of anilines is 2. The summed E-state index contributed by atoms with van der Waals surface area (Å²) in [5.41, 5.74) is -1.55. The predicted molar refractivity (Wildman–Crippen MR) is 128 cm³/mol. The molecule has 1 heterocycles. The second kappa shape index (κ2) is 11.0. The van der Waals surface area contributed by atoms with Gasteiger partial charge in [-0.05, 0) is 92.7 Å². The van der Waals surface area contributed by atoms with Crippen LogP contribution in [-0.4, -0.2) is 42.2 Å². The lowest BCUT2D eigenvalue weighted by Crippen LogP contribution is -2.33. The second-order valence-electron chi connectivity index (χ2n) is 8.59. The lowest BCUT2D eigenvalue weighted by molar-refractivity contribution is -0.138. The van der Waals surface area contributed by atoms with Crippen molar-refractivity contribution in [1.29, 1.82) is 0 Å². The number of piperidine rings is 1. The molecule has 3 aromatic rings. The average molecular weight is 503 g/mol. The third kappa shape index (κ3) is 6.15. The largest absolute Gasteiger partial charge is 0.508 e. The first-order valence-corrected chi connectivity index (χ1v) is 11.7. The van der Waals surface area contributed by atoms with Gasteiger partial charge in [0.25, 0.3) is 5.91 Å². The molecule has 1 amide bonds. The zero-order valence-corrected chi connectivity index (χ0v) is 19.5. The summed E-state index contributed by atoms with van der Waals surface area (Å²) < 4.78 is 60.3. The third-order valence-electron chi connectivity index (χ3n) is 6.05. The van der Waals surface area contributed by atoms with Gasteiger partial charge in [-0.1, -0.05) is 6.42 Å². The van der Waals surface area contributed by atoms with E-state index >= 15 is 0 Å². The van der Waals surface area contributed by atoms with Gasteiger partial charge in [-0.2, -0.15) is 13.2 Å². The zero-order chi connectivity index (χ0) is 25.7. The van der Waals surface area contributed by atoms with Gasteiger partial charge in [-0.15, -0.1) is 0 Å². The Kier molecular flexibility index (Phi) is 7.79. The molecular weight excluding hydrogens is 476 g/mol. The minimum absolute atomic E-state index is 0.0682. The fourth-order valence-corrected chi connectivity index (χ4v) is 4.21. The summed E-state index contributed by atoms with van der Waals surface area (Å²) in [4.78, 5) is 16.9. The number of phenolic OH excluding ortho intramolecular Hbond substituents is 1. The highest BCUT2D eigenvalue weighted by Crippen LogP contribution is 2.36. The highest BCUT2D eigenvalue weighted by atomic mass is 19.4. The number of hydrogen-bond donors (Lipinski definition) is 1. The van der Waals surface area contributed by atoms with Crippen LogP contribution in [0, 0.1) is 5.82 Å². The normalized spacial score (nSPS) is 14.4. The molecule has 190 valence electrons. The number of rotatable bonds is 7. The van der Waals surface area contributed by atoms with Gasteiger partial charge in [0.2, 0.25) is 0 Å². The van der Waals surface area contributed by atoms with E-state index in [4.69, 9.17) is 4.74 Å². The number of hydrogen-bond acceptors (Lipinski definition) is 4. The van der Waals surface area contributed by atoms with Crippen LogP contribution in [0.1, 0.15) is 35.2 Å². The maximum Gasteiger partial charge on any atom is 0.417 e. The molecule has 0 unspecified atom stereocenters. The highest BCUT2D eigenvalue weighted by molar-refractivity contribution is 6.11. The third-order valence-corrected chi connectivity index (χ3v) is 6.05. The summed E-state index contributed by atoms with van der Waals surface area (Å²) in [5, 5.41) is 9.65. The Labute approximate surface area is 206 Å². The fourth-order valence-electron chi connectivity index (χ4n) is 4.21. The first-order chi connectivity index (χ1) is 17.2. The number of aromatic hydroxyl groups is 1. The molecule has 9 heteroatoms. The number of ether oxygens (including phenoxy) is 1. The number of amides is 1. The number of phenols is 1. The minimum atomic E-state index is -4.93. The van der Waals surface area contributed by atoms with Crippen molar-refractivity contribution in [2.45, 2.75) is 25.4 Å². The molecule has 36 heavy (non-hydrogen) atoms. The SMILES string of the molecule is O=C(c1ccc(F)cc1C(F)(F)F)N(c1ccc(O)cc1)c1ccc(OCCN2CCCCC2)cc1. The van der Waals surface area contributed by atoms with Gasteiger partial charge >= 0.3 is 6.18 Å². The number of likely N-dealkylation sites (tertiary alicyclic amines) is 1. The Morgan fingerprint density at radius 1 is 0.917 bits per heavy atom. The first kappa shape index (κ1) is 25.5. The van der Waals surface area contributed by atoms with Crippen molar-refractivity contribution in [1.82, 2.24) is 4.90 Å². The minimum Gasteiger partial charge on any atom is -0.508 e. The van der Waals surface area contributed by atoms with Crippen LogP contribution in [0.15, 0.2) is 66.7 Å². The van der Waals surface area contributed by atoms with Crippen molar-refractivity contribution in [2.24, 2.45) is 0 Å². The Balaban J connectivity index is 1.60. The lowest BCUT2D eigenvalue weighted by Gasteiger charge is -2.26. The van der Waals surface area contributed by atoms with Gasteiger partial charge in [0.1, 0.15) is 23.9 Å². The van der Waals surface area contributed by atoms with Gasteiger partial charge in [0.15, 0.2) is 0 Å². The Bertz CT molecular complexity index is 1180. The number of nitrogens with zero attached hydrogens (tertiary/aromatic N) is 2. The van der Waals surface area contributed by atoms with Gasteiger partial charge in [-0.3, -0.25) is 14.6 Å². The molecule has 0 aliphatic carbocycles. The standard InChI is InChI=1S/C27H26F4N2O3/c28-19-4-13-24(25(18-19)27(29,30)31)26(35)33(20-5-9-22(34)10-6-20)21-7-11-23(12-8-21)36-17-16-32-14-2-1-3-15-32/h4-13,18,34H,1-3,14-17H2. The molecule has 1 fully saturated rings. The van der Waals surface area contributed by atoms with E-state index in [0.717, 1.165) is 36.7 Å². The van der Waals surface area contributed by atoms with Crippen molar-refractivity contribution >= 4 is 17.3 Å². The van der Waals surface area contributed by atoms with E-state index in [1.54, 1.807) is 24.3 Å². The molecule has 3 aromatic carbocycles. The molecule has 0 bridgehead atoms. The van der Waals surface area contributed by atoms with Gasteiger partial charge in [0, 0.05) is 17.9 Å². The maximum absolute atomic E-state index is 13.6. The van der Waals surface area contributed by atoms with Crippen LogP contribution >= 0.6 is 0 Å². The summed E-state index contributed by atoms with van der Waals surface area (Å²) in [6.45, 7) is 3.39. The molecule has 5 nitrogen and oxygen atoms in total. The van der Waals surface area contributed by atoms with E-state index in [2.05, 4.69) is 4.90 Å².